The summed E-state index contributed by atoms with van der Waals surface area (Å²) in [6, 6.07) is 0. The molecule has 0 heterocycles. The van der Waals surface area contributed by atoms with Crippen LogP contribution in [0.4, 0.5) is 0 Å². The highest BCUT2D eigenvalue weighted by atomic mass is 16.5. The van der Waals surface area contributed by atoms with Crippen LogP contribution >= 0.6 is 0 Å². The third-order valence-electron chi connectivity index (χ3n) is 11.9. The first-order valence-electron chi connectivity index (χ1n) is 15.7. The Morgan fingerprint density at radius 3 is 2.36 bits per heavy atom. The van der Waals surface area contributed by atoms with Crippen molar-refractivity contribution in [3.8, 4) is 0 Å². The molecule has 5 nitrogen and oxygen atoms in total. The quantitative estimate of drug-likeness (QED) is 0.294. The minimum atomic E-state index is 0.320. The molecule has 5 unspecified atom stereocenters. The van der Waals surface area contributed by atoms with Crippen LogP contribution in [0, 0.1) is 46.3 Å². The molecule has 5 heteroatoms. The Morgan fingerprint density at radius 2 is 1.64 bits per heavy atom. The third kappa shape index (κ3) is 5.57. The normalized spacial score (nSPS) is 43.0. The van der Waals surface area contributed by atoms with E-state index in [0.717, 1.165) is 81.2 Å². The molecule has 36 heavy (non-hydrogen) atoms. The summed E-state index contributed by atoms with van der Waals surface area (Å²) < 4.78 is 13.2. The van der Waals surface area contributed by atoms with E-state index in [-0.39, 0.29) is 0 Å². The molecule has 0 aromatic rings. The molecule has 4 fully saturated rings. The van der Waals surface area contributed by atoms with E-state index in [1.165, 1.54) is 64.2 Å². The van der Waals surface area contributed by atoms with Crippen molar-refractivity contribution < 1.29 is 9.47 Å². The van der Waals surface area contributed by atoms with Gasteiger partial charge in [-0.2, -0.15) is 0 Å². The Hall–Kier alpha value is -0.200. The van der Waals surface area contributed by atoms with E-state index >= 15 is 0 Å². The lowest BCUT2D eigenvalue weighted by atomic mass is 9.43. The van der Waals surface area contributed by atoms with Crippen molar-refractivity contribution in [2.75, 3.05) is 39.9 Å². The molecule has 0 amide bonds. The number of nitrogens with one attached hydrogen (secondary N) is 1. The van der Waals surface area contributed by atoms with Crippen LogP contribution in [0.2, 0.25) is 0 Å². The zero-order valence-electron chi connectivity index (χ0n) is 24.1. The fourth-order valence-electron chi connectivity index (χ4n) is 9.96. The number of hydrogen-bond acceptors (Lipinski definition) is 5. The second kappa shape index (κ2) is 12.8. The van der Waals surface area contributed by atoms with Gasteiger partial charge in [0.1, 0.15) is 0 Å². The molecule has 210 valence electrons. The molecule has 0 spiro atoms. The van der Waals surface area contributed by atoms with E-state index in [4.69, 9.17) is 20.9 Å². The highest BCUT2D eigenvalue weighted by Gasteiger charge is 2.64. The molecule has 10 atom stereocenters. The number of nitrogens with two attached hydrogens (primary N) is 2. The van der Waals surface area contributed by atoms with Crippen LogP contribution in [0.25, 0.3) is 0 Å². The maximum Gasteiger partial charge on any atom is 0.0637 e. The first-order chi connectivity index (χ1) is 17.4. The van der Waals surface area contributed by atoms with Crippen molar-refractivity contribution in [1.29, 1.82) is 0 Å². The van der Waals surface area contributed by atoms with E-state index in [1.54, 1.807) is 0 Å². The molecule has 0 aromatic carbocycles. The van der Waals surface area contributed by atoms with Crippen LogP contribution in [-0.2, 0) is 9.47 Å². The van der Waals surface area contributed by atoms with Crippen molar-refractivity contribution in [2.45, 2.75) is 110 Å². The predicted molar refractivity (Wildman–Crippen MR) is 150 cm³/mol. The SMILES string of the molecule is CNCCC[C@@H](C)C1CCC2C3CCC4C[C@H](OCCCN)CC[C@]4(C)[C@H]3C[C@H](OCCCN)C21C. The second-order valence-corrected chi connectivity index (χ2v) is 13.6. The minimum absolute atomic E-state index is 0.320. The minimum Gasteiger partial charge on any atom is -0.378 e. The van der Waals surface area contributed by atoms with Gasteiger partial charge in [0.2, 0.25) is 0 Å². The summed E-state index contributed by atoms with van der Waals surface area (Å²) in [5.74, 6) is 4.89. The van der Waals surface area contributed by atoms with Gasteiger partial charge in [-0.1, -0.05) is 20.8 Å². The topological polar surface area (TPSA) is 82.5 Å². The van der Waals surface area contributed by atoms with Crippen LogP contribution in [0.1, 0.15) is 97.8 Å². The van der Waals surface area contributed by atoms with E-state index in [9.17, 15) is 0 Å². The van der Waals surface area contributed by atoms with Gasteiger partial charge in [0, 0.05) is 13.2 Å². The van der Waals surface area contributed by atoms with Crippen molar-refractivity contribution in [3.63, 3.8) is 0 Å². The Labute approximate surface area is 222 Å². The van der Waals surface area contributed by atoms with Crippen LogP contribution in [0.15, 0.2) is 0 Å². The standard InChI is InChI=1S/C31H59N3O2/c1-22(8-5-17-34-4)26-11-12-27-25-10-9-23-20-24(35-18-6-15-32)13-14-30(23,2)28(25)21-29(31(26,27)3)36-19-7-16-33/h22-29,34H,5-21,32-33H2,1-4H3/t22-,23?,24-,25?,26?,27?,28+,29+,30+,31?/m1/s1. The molecule has 0 bridgehead atoms. The molecule has 0 aromatic heterocycles. The van der Waals surface area contributed by atoms with Crippen molar-refractivity contribution in [3.05, 3.63) is 0 Å². The molecule has 4 aliphatic carbocycles. The molecular weight excluding hydrogens is 446 g/mol. The van der Waals surface area contributed by atoms with Gasteiger partial charge in [-0.05, 0) is 150 Å². The number of rotatable bonds is 13. The maximum absolute atomic E-state index is 6.88. The van der Waals surface area contributed by atoms with E-state index in [0.29, 0.717) is 23.0 Å². The van der Waals surface area contributed by atoms with Gasteiger partial charge >= 0.3 is 0 Å². The van der Waals surface area contributed by atoms with Gasteiger partial charge in [0.05, 0.1) is 12.2 Å². The van der Waals surface area contributed by atoms with Gasteiger partial charge in [-0.15, -0.1) is 0 Å². The van der Waals surface area contributed by atoms with Crippen LogP contribution in [-0.4, -0.2) is 52.1 Å². The van der Waals surface area contributed by atoms with Gasteiger partial charge in [0.15, 0.2) is 0 Å². The predicted octanol–water partition coefficient (Wildman–Crippen LogP) is 5.36. The lowest BCUT2D eigenvalue weighted by molar-refractivity contribution is -0.192. The Bertz CT molecular complexity index is 676. The molecule has 5 N–H and O–H groups in total. The van der Waals surface area contributed by atoms with Crippen LogP contribution < -0.4 is 16.8 Å². The fourth-order valence-corrected chi connectivity index (χ4v) is 9.96. The highest BCUT2D eigenvalue weighted by Crippen LogP contribution is 2.69. The summed E-state index contributed by atoms with van der Waals surface area (Å²) in [4.78, 5) is 0. The van der Waals surface area contributed by atoms with Crippen molar-refractivity contribution in [2.24, 2.45) is 57.8 Å². The average molecular weight is 506 g/mol. The van der Waals surface area contributed by atoms with Crippen LogP contribution in [0.3, 0.4) is 0 Å². The van der Waals surface area contributed by atoms with Gasteiger partial charge < -0.3 is 26.3 Å². The zero-order valence-corrected chi connectivity index (χ0v) is 24.1. The third-order valence-corrected chi connectivity index (χ3v) is 11.9. The number of fused-ring (bicyclic) bond motifs is 5. The number of ether oxygens (including phenoxy) is 2. The summed E-state index contributed by atoms with van der Waals surface area (Å²) in [6.07, 6.45) is 16.2. The maximum atomic E-state index is 6.88. The first-order valence-corrected chi connectivity index (χ1v) is 15.7. The summed E-state index contributed by atoms with van der Waals surface area (Å²) in [5, 5.41) is 3.36. The molecule has 0 saturated heterocycles. The summed E-state index contributed by atoms with van der Waals surface area (Å²) in [5.41, 5.74) is 12.4. The largest absolute Gasteiger partial charge is 0.378 e. The molecule has 0 aliphatic heterocycles. The first kappa shape index (κ1) is 28.8. The number of hydrogen-bond donors (Lipinski definition) is 3. The van der Waals surface area contributed by atoms with Crippen molar-refractivity contribution in [1.82, 2.24) is 5.32 Å². The van der Waals surface area contributed by atoms with E-state index in [2.05, 4.69) is 33.1 Å². The fraction of sp³-hybridized carbons (Fsp3) is 1.00. The molecule has 0 radical (unpaired) electrons. The van der Waals surface area contributed by atoms with E-state index < -0.39 is 0 Å². The lowest BCUT2D eigenvalue weighted by Crippen LogP contribution is -2.59. The molecule has 4 aliphatic rings. The monoisotopic (exact) mass is 505 g/mol. The summed E-state index contributed by atoms with van der Waals surface area (Å²) in [6.45, 7) is 12.1. The van der Waals surface area contributed by atoms with E-state index in [1.807, 2.05) is 0 Å². The second-order valence-electron chi connectivity index (χ2n) is 13.6. The highest BCUT2D eigenvalue weighted by molar-refractivity contribution is 5.13. The Morgan fingerprint density at radius 1 is 0.889 bits per heavy atom. The van der Waals surface area contributed by atoms with Crippen LogP contribution in [0.5, 0.6) is 0 Å². The average Bonchev–Trinajstić information content (AvgIpc) is 3.23. The lowest BCUT2D eigenvalue weighted by Gasteiger charge is -2.63. The summed E-state index contributed by atoms with van der Waals surface area (Å²) in [7, 11) is 2.08. The molecular formula is C31H59N3O2. The Balaban J connectivity index is 1.52. The molecule has 4 saturated carbocycles. The molecule has 4 rings (SSSR count). The smallest absolute Gasteiger partial charge is 0.0637 e. The van der Waals surface area contributed by atoms with Crippen molar-refractivity contribution >= 4 is 0 Å². The van der Waals surface area contributed by atoms with Gasteiger partial charge in [0.25, 0.3) is 0 Å². The van der Waals surface area contributed by atoms with Gasteiger partial charge in [-0.25, -0.2) is 0 Å². The summed E-state index contributed by atoms with van der Waals surface area (Å²) >= 11 is 0. The van der Waals surface area contributed by atoms with Gasteiger partial charge in [-0.3, -0.25) is 0 Å². The Kier molecular flexibility index (Phi) is 10.2. The zero-order chi connectivity index (χ0) is 25.8.